The molecule has 1 aromatic carbocycles. The van der Waals surface area contributed by atoms with Gasteiger partial charge in [-0.3, -0.25) is 9.36 Å². The first-order valence-corrected chi connectivity index (χ1v) is 6.16. The van der Waals surface area contributed by atoms with Crippen molar-refractivity contribution >= 4 is 11.2 Å². The Morgan fingerprint density at radius 3 is 2.36 bits per heavy atom. The minimum atomic E-state index is -0.588. The molecule has 0 saturated carbocycles. The van der Waals surface area contributed by atoms with Gasteiger partial charge in [0.25, 0.3) is 5.56 Å². The Hall–Kier alpha value is -3.42. The van der Waals surface area contributed by atoms with E-state index in [0.29, 0.717) is 11.2 Å². The van der Waals surface area contributed by atoms with Crippen molar-refractivity contribution in [1.29, 1.82) is 10.5 Å². The van der Waals surface area contributed by atoms with Crippen molar-refractivity contribution < 1.29 is 0 Å². The molecular formula is C15H12N6O. The van der Waals surface area contributed by atoms with Gasteiger partial charge in [-0.1, -0.05) is 17.7 Å². The molecule has 0 spiro atoms. The van der Waals surface area contributed by atoms with Crippen LogP contribution in [0.1, 0.15) is 16.7 Å². The van der Waals surface area contributed by atoms with Gasteiger partial charge in [0.15, 0.2) is 0 Å². The van der Waals surface area contributed by atoms with Crippen molar-refractivity contribution in [3.63, 3.8) is 0 Å². The van der Waals surface area contributed by atoms with Crippen LogP contribution in [0.25, 0.3) is 16.9 Å². The van der Waals surface area contributed by atoms with Crippen LogP contribution in [0.4, 0.5) is 0 Å². The summed E-state index contributed by atoms with van der Waals surface area (Å²) >= 11 is 0. The number of nitriles is 2. The number of hydrogen-bond donors (Lipinski definition) is 2. The third-order valence-electron chi connectivity index (χ3n) is 3.25. The van der Waals surface area contributed by atoms with Crippen LogP contribution >= 0.6 is 0 Å². The van der Waals surface area contributed by atoms with Crippen LogP contribution in [-0.4, -0.2) is 14.5 Å². The maximum atomic E-state index is 11.9. The Morgan fingerprint density at radius 1 is 1.14 bits per heavy atom. The number of H-pyrrole nitrogens is 1. The Kier molecular flexibility index (Phi) is 3.76. The van der Waals surface area contributed by atoms with Gasteiger partial charge in [-0.25, -0.2) is 4.98 Å². The zero-order valence-corrected chi connectivity index (χ0v) is 11.8. The zero-order valence-electron chi connectivity index (χ0n) is 11.8. The first-order valence-electron chi connectivity index (χ1n) is 6.16. The first kappa shape index (κ1) is 15.0. The second kappa shape index (κ2) is 5.52. The monoisotopic (exact) mass is 292 g/mol. The van der Waals surface area contributed by atoms with Gasteiger partial charge in [0.2, 0.25) is 0 Å². The number of nitrogens with one attached hydrogen (secondary N) is 1. The lowest BCUT2D eigenvalue weighted by Gasteiger charge is -2.04. The molecule has 0 amide bonds. The largest absolute Gasteiger partial charge is 0.344 e. The minimum Gasteiger partial charge on any atom is -0.344 e. The fourth-order valence-corrected chi connectivity index (χ4v) is 2.17. The van der Waals surface area contributed by atoms with E-state index in [2.05, 4.69) is 9.97 Å². The summed E-state index contributed by atoms with van der Waals surface area (Å²) in [6.07, 6.45) is 1.52. The quantitative estimate of drug-likeness (QED) is 0.706. The fourth-order valence-electron chi connectivity index (χ4n) is 2.17. The average Bonchev–Trinajstić information content (AvgIpc) is 2.90. The summed E-state index contributed by atoms with van der Waals surface area (Å²) in [5.74, 6) is 0. The number of aromatic nitrogens is 3. The van der Waals surface area contributed by atoms with Gasteiger partial charge in [0.1, 0.15) is 40.8 Å². The molecule has 0 fully saturated rings. The van der Waals surface area contributed by atoms with E-state index in [9.17, 15) is 10.1 Å². The van der Waals surface area contributed by atoms with Crippen LogP contribution in [0.2, 0.25) is 0 Å². The molecule has 0 saturated heterocycles. The van der Waals surface area contributed by atoms with Crippen LogP contribution in [-0.2, 0) is 0 Å². The maximum Gasteiger partial charge on any atom is 0.268 e. The number of nitrogens with zero attached hydrogens (tertiary/aromatic N) is 4. The molecule has 4 N–H and O–H groups in total. The Balaban J connectivity index is 0.00000176. The highest BCUT2D eigenvalue weighted by Gasteiger charge is 2.16. The van der Waals surface area contributed by atoms with Crippen LogP contribution in [0, 0.1) is 29.6 Å². The Morgan fingerprint density at radius 2 is 1.77 bits per heavy atom. The number of benzene rings is 1. The highest BCUT2D eigenvalue weighted by Crippen LogP contribution is 2.19. The van der Waals surface area contributed by atoms with Gasteiger partial charge in [-0.15, -0.1) is 0 Å². The van der Waals surface area contributed by atoms with Crippen molar-refractivity contribution in [1.82, 2.24) is 20.7 Å². The van der Waals surface area contributed by atoms with Crippen molar-refractivity contribution in [2.24, 2.45) is 0 Å². The SMILES string of the molecule is Cc1ccc(-n2cnc3c(C#N)c(C#N)c(=O)[nH]c32)cc1.N. The fraction of sp³-hybridized carbons (Fsp3) is 0.0667. The summed E-state index contributed by atoms with van der Waals surface area (Å²) in [6, 6.07) is 11.3. The second-order valence-electron chi connectivity index (χ2n) is 4.58. The summed E-state index contributed by atoms with van der Waals surface area (Å²) in [6.45, 7) is 1.98. The molecule has 0 bridgehead atoms. The molecule has 3 aromatic rings. The predicted octanol–water partition coefficient (Wildman–Crippen LogP) is 1.93. The Bertz CT molecular complexity index is 982. The molecule has 0 radical (unpaired) electrons. The predicted molar refractivity (Wildman–Crippen MR) is 80.9 cm³/mol. The number of aromatic amines is 1. The highest BCUT2D eigenvalue weighted by molar-refractivity contribution is 5.81. The van der Waals surface area contributed by atoms with Gasteiger partial charge in [0, 0.05) is 5.69 Å². The van der Waals surface area contributed by atoms with E-state index in [1.54, 1.807) is 10.6 Å². The van der Waals surface area contributed by atoms with E-state index in [-0.39, 0.29) is 17.3 Å². The maximum absolute atomic E-state index is 11.9. The van der Waals surface area contributed by atoms with E-state index in [1.807, 2.05) is 37.3 Å². The van der Waals surface area contributed by atoms with Crippen LogP contribution in [0.5, 0.6) is 0 Å². The lowest BCUT2D eigenvalue weighted by atomic mass is 10.1. The topological polar surface area (TPSA) is 133 Å². The van der Waals surface area contributed by atoms with E-state index < -0.39 is 5.56 Å². The minimum absolute atomic E-state index is 0. The second-order valence-corrected chi connectivity index (χ2v) is 4.58. The van der Waals surface area contributed by atoms with Gasteiger partial charge in [0.05, 0.1) is 0 Å². The van der Waals surface area contributed by atoms with Crippen LogP contribution in [0.15, 0.2) is 35.4 Å². The summed E-state index contributed by atoms with van der Waals surface area (Å²) < 4.78 is 1.68. The molecule has 0 aliphatic carbocycles. The van der Waals surface area contributed by atoms with Crippen molar-refractivity contribution in [3.05, 3.63) is 57.6 Å². The van der Waals surface area contributed by atoms with Crippen LogP contribution < -0.4 is 11.7 Å². The number of rotatable bonds is 1. The van der Waals surface area contributed by atoms with E-state index >= 15 is 0 Å². The third-order valence-corrected chi connectivity index (χ3v) is 3.25. The van der Waals surface area contributed by atoms with E-state index in [4.69, 9.17) is 5.26 Å². The number of fused-ring (bicyclic) bond motifs is 1. The van der Waals surface area contributed by atoms with Crippen LogP contribution in [0.3, 0.4) is 0 Å². The Labute approximate surface area is 125 Å². The summed E-state index contributed by atoms with van der Waals surface area (Å²) in [5.41, 5.74) is 1.85. The van der Waals surface area contributed by atoms with Crippen molar-refractivity contribution in [2.75, 3.05) is 0 Å². The van der Waals surface area contributed by atoms with Gasteiger partial charge in [-0.05, 0) is 19.1 Å². The molecule has 2 aromatic heterocycles. The van der Waals surface area contributed by atoms with Crippen molar-refractivity contribution in [3.8, 4) is 17.8 Å². The molecule has 22 heavy (non-hydrogen) atoms. The summed E-state index contributed by atoms with van der Waals surface area (Å²) in [4.78, 5) is 18.7. The van der Waals surface area contributed by atoms with E-state index in [0.717, 1.165) is 11.3 Å². The summed E-state index contributed by atoms with van der Waals surface area (Å²) in [5, 5.41) is 18.2. The first-order chi connectivity index (χ1) is 10.2. The average molecular weight is 292 g/mol. The van der Waals surface area contributed by atoms with Gasteiger partial charge >= 0.3 is 0 Å². The number of aryl methyl sites for hydroxylation is 1. The molecule has 2 heterocycles. The molecule has 108 valence electrons. The summed E-state index contributed by atoms with van der Waals surface area (Å²) in [7, 11) is 0. The molecule has 7 heteroatoms. The zero-order chi connectivity index (χ0) is 15.0. The highest BCUT2D eigenvalue weighted by atomic mass is 16.1. The normalized spacial score (nSPS) is 9.77. The lowest BCUT2D eigenvalue weighted by Crippen LogP contribution is -2.13. The molecule has 0 atom stereocenters. The number of hydrogen-bond acceptors (Lipinski definition) is 5. The van der Waals surface area contributed by atoms with E-state index in [1.165, 1.54) is 6.33 Å². The molecule has 7 nitrogen and oxygen atoms in total. The number of imidazole rings is 1. The molecule has 3 rings (SSSR count). The lowest BCUT2D eigenvalue weighted by molar-refractivity contribution is 1.06. The molecule has 0 unspecified atom stereocenters. The standard InChI is InChI=1S/C15H9N5O.H3N/c1-9-2-4-10(5-3-9)20-8-18-13-11(6-16)12(7-17)15(21)19-14(13)20;/h2-5,8H,1H3,(H,19,21);1H3. The third kappa shape index (κ3) is 2.12. The molecular weight excluding hydrogens is 280 g/mol. The van der Waals surface area contributed by atoms with Gasteiger partial charge < -0.3 is 11.1 Å². The van der Waals surface area contributed by atoms with Gasteiger partial charge in [-0.2, -0.15) is 10.5 Å². The number of pyridine rings is 1. The smallest absolute Gasteiger partial charge is 0.268 e. The van der Waals surface area contributed by atoms with Crippen molar-refractivity contribution in [2.45, 2.75) is 6.92 Å². The molecule has 0 aliphatic heterocycles. The molecule has 0 aliphatic rings.